The second-order valence-corrected chi connectivity index (χ2v) is 6.78. The molecule has 0 spiro atoms. The molecular formula is C19H32N2. The van der Waals surface area contributed by atoms with Crippen LogP contribution in [0.15, 0.2) is 24.3 Å². The Morgan fingerprint density at radius 3 is 2.62 bits per heavy atom. The standard InChI is InChI=1S/C19H32N2/c1-5-20-13-16(3)19-10-8-18(9-11-19)14-21-12-6-7-15(2)17(21)4/h8-11,15-17,20H,5-7,12-14H2,1-4H3. The average molecular weight is 288 g/mol. The number of nitrogens with zero attached hydrogens (tertiary/aromatic N) is 1. The van der Waals surface area contributed by atoms with Crippen LogP contribution < -0.4 is 5.32 Å². The number of hydrogen-bond acceptors (Lipinski definition) is 2. The molecule has 0 saturated carbocycles. The second kappa shape index (κ2) is 7.95. The molecule has 2 nitrogen and oxygen atoms in total. The number of rotatable bonds is 6. The molecule has 0 bridgehead atoms. The number of likely N-dealkylation sites (N-methyl/N-ethyl adjacent to an activating group) is 1. The lowest BCUT2D eigenvalue weighted by molar-refractivity contribution is 0.106. The zero-order chi connectivity index (χ0) is 15.2. The van der Waals surface area contributed by atoms with Gasteiger partial charge in [-0.25, -0.2) is 0 Å². The molecule has 3 unspecified atom stereocenters. The lowest BCUT2D eigenvalue weighted by Crippen LogP contribution is -2.41. The number of piperidine rings is 1. The summed E-state index contributed by atoms with van der Waals surface area (Å²) in [5.41, 5.74) is 2.90. The SMILES string of the molecule is CCNCC(C)c1ccc(CN2CCCC(C)C2C)cc1. The van der Waals surface area contributed by atoms with Gasteiger partial charge in [-0.15, -0.1) is 0 Å². The molecule has 1 N–H and O–H groups in total. The van der Waals surface area contributed by atoms with Gasteiger partial charge in [0.1, 0.15) is 0 Å². The molecule has 0 aromatic heterocycles. The molecule has 0 aliphatic carbocycles. The molecule has 0 amide bonds. The summed E-state index contributed by atoms with van der Waals surface area (Å²) < 4.78 is 0. The van der Waals surface area contributed by atoms with Crippen LogP contribution in [-0.4, -0.2) is 30.6 Å². The highest BCUT2D eigenvalue weighted by Gasteiger charge is 2.24. The summed E-state index contributed by atoms with van der Waals surface area (Å²) in [6.45, 7) is 13.7. The summed E-state index contributed by atoms with van der Waals surface area (Å²) in [6.07, 6.45) is 2.74. The van der Waals surface area contributed by atoms with Crippen molar-refractivity contribution in [1.29, 1.82) is 0 Å². The molecule has 2 rings (SSSR count). The normalized spacial score (nSPS) is 25.0. The van der Waals surface area contributed by atoms with E-state index in [0.717, 1.165) is 25.6 Å². The average Bonchev–Trinajstić information content (AvgIpc) is 2.50. The maximum atomic E-state index is 3.43. The first-order valence-electron chi connectivity index (χ1n) is 8.65. The van der Waals surface area contributed by atoms with Crippen molar-refractivity contribution in [2.24, 2.45) is 5.92 Å². The summed E-state index contributed by atoms with van der Waals surface area (Å²) in [5, 5.41) is 3.43. The van der Waals surface area contributed by atoms with Crippen molar-refractivity contribution in [2.45, 2.75) is 59.0 Å². The highest BCUT2D eigenvalue weighted by Crippen LogP contribution is 2.25. The number of nitrogens with one attached hydrogen (secondary N) is 1. The van der Waals surface area contributed by atoms with Crippen LogP contribution in [0.4, 0.5) is 0 Å². The first-order chi connectivity index (χ1) is 10.1. The quantitative estimate of drug-likeness (QED) is 0.850. The van der Waals surface area contributed by atoms with Crippen LogP contribution in [0.2, 0.25) is 0 Å². The molecule has 2 heteroatoms. The number of hydrogen-bond donors (Lipinski definition) is 1. The topological polar surface area (TPSA) is 15.3 Å². The van der Waals surface area contributed by atoms with Gasteiger partial charge in [-0.05, 0) is 55.8 Å². The highest BCUT2D eigenvalue weighted by molar-refractivity contribution is 5.25. The van der Waals surface area contributed by atoms with E-state index in [1.54, 1.807) is 0 Å². The number of likely N-dealkylation sites (tertiary alicyclic amines) is 1. The van der Waals surface area contributed by atoms with Crippen LogP contribution in [0, 0.1) is 5.92 Å². The monoisotopic (exact) mass is 288 g/mol. The fourth-order valence-electron chi connectivity index (χ4n) is 3.31. The van der Waals surface area contributed by atoms with Crippen LogP contribution in [0.1, 0.15) is 57.6 Å². The molecule has 1 aliphatic rings. The van der Waals surface area contributed by atoms with Gasteiger partial charge in [0.25, 0.3) is 0 Å². The molecule has 1 heterocycles. The predicted molar refractivity (Wildman–Crippen MR) is 91.7 cm³/mol. The van der Waals surface area contributed by atoms with Crippen molar-refractivity contribution in [2.75, 3.05) is 19.6 Å². The van der Waals surface area contributed by atoms with Crippen molar-refractivity contribution >= 4 is 0 Å². The third-order valence-electron chi connectivity index (χ3n) is 5.14. The minimum atomic E-state index is 0.591. The Balaban J connectivity index is 1.92. The van der Waals surface area contributed by atoms with Crippen LogP contribution in [0.5, 0.6) is 0 Å². The van der Waals surface area contributed by atoms with Crippen molar-refractivity contribution in [3.8, 4) is 0 Å². The summed E-state index contributed by atoms with van der Waals surface area (Å²) in [5.74, 6) is 1.42. The fraction of sp³-hybridized carbons (Fsp3) is 0.684. The Morgan fingerprint density at radius 2 is 1.95 bits per heavy atom. The van der Waals surface area contributed by atoms with E-state index in [0.29, 0.717) is 12.0 Å². The van der Waals surface area contributed by atoms with Gasteiger partial charge in [-0.3, -0.25) is 4.90 Å². The van der Waals surface area contributed by atoms with E-state index in [1.165, 1.54) is 30.5 Å². The Kier molecular flexibility index (Phi) is 6.25. The Hall–Kier alpha value is -0.860. The lowest BCUT2D eigenvalue weighted by atomic mass is 9.91. The number of benzene rings is 1. The smallest absolute Gasteiger partial charge is 0.0236 e. The minimum absolute atomic E-state index is 0.591. The maximum Gasteiger partial charge on any atom is 0.0236 e. The van der Waals surface area contributed by atoms with Crippen LogP contribution in [-0.2, 0) is 6.54 Å². The molecule has 0 radical (unpaired) electrons. The van der Waals surface area contributed by atoms with Crippen LogP contribution in [0.25, 0.3) is 0 Å². The minimum Gasteiger partial charge on any atom is -0.316 e. The lowest BCUT2D eigenvalue weighted by Gasteiger charge is -2.38. The van der Waals surface area contributed by atoms with Gasteiger partial charge in [0, 0.05) is 19.1 Å². The predicted octanol–water partition coefficient (Wildman–Crippen LogP) is 4.02. The zero-order valence-corrected chi connectivity index (χ0v) is 14.2. The van der Waals surface area contributed by atoms with Gasteiger partial charge in [-0.1, -0.05) is 45.0 Å². The van der Waals surface area contributed by atoms with Crippen molar-refractivity contribution < 1.29 is 0 Å². The van der Waals surface area contributed by atoms with Crippen LogP contribution >= 0.6 is 0 Å². The fourth-order valence-corrected chi connectivity index (χ4v) is 3.31. The Morgan fingerprint density at radius 1 is 1.24 bits per heavy atom. The molecule has 21 heavy (non-hydrogen) atoms. The molecule has 3 atom stereocenters. The van der Waals surface area contributed by atoms with E-state index in [1.807, 2.05) is 0 Å². The zero-order valence-electron chi connectivity index (χ0n) is 14.2. The van der Waals surface area contributed by atoms with Crippen LogP contribution in [0.3, 0.4) is 0 Å². The Bertz CT molecular complexity index is 412. The van der Waals surface area contributed by atoms with Gasteiger partial charge in [-0.2, -0.15) is 0 Å². The van der Waals surface area contributed by atoms with Crippen molar-refractivity contribution in [1.82, 2.24) is 10.2 Å². The summed E-state index contributed by atoms with van der Waals surface area (Å²) in [7, 11) is 0. The van der Waals surface area contributed by atoms with Gasteiger partial charge in [0.05, 0.1) is 0 Å². The molecule has 1 aliphatic heterocycles. The van der Waals surface area contributed by atoms with Gasteiger partial charge < -0.3 is 5.32 Å². The highest BCUT2D eigenvalue weighted by atomic mass is 15.2. The molecule has 1 fully saturated rings. The molecular weight excluding hydrogens is 256 g/mol. The van der Waals surface area contributed by atoms with E-state index >= 15 is 0 Å². The Labute approximate surface area is 130 Å². The van der Waals surface area contributed by atoms with Gasteiger partial charge >= 0.3 is 0 Å². The molecule has 1 saturated heterocycles. The summed E-state index contributed by atoms with van der Waals surface area (Å²) >= 11 is 0. The third-order valence-corrected chi connectivity index (χ3v) is 5.14. The first-order valence-corrected chi connectivity index (χ1v) is 8.65. The van der Waals surface area contributed by atoms with E-state index in [4.69, 9.17) is 0 Å². The molecule has 1 aromatic carbocycles. The van der Waals surface area contributed by atoms with Crippen molar-refractivity contribution in [3.63, 3.8) is 0 Å². The van der Waals surface area contributed by atoms with Gasteiger partial charge in [0.2, 0.25) is 0 Å². The van der Waals surface area contributed by atoms with E-state index in [2.05, 4.69) is 62.2 Å². The third kappa shape index (κ3) is 4.55. The molecule has 1 aromatic rings. The van der Waals surface area contributed by atoms with E-state index in [-0.39, 0.29) is 0 Å². The van der Waals surface area contributed by atoms with E-state index in [9.17, 15) is 0 Å². The maximum absolute atomic E-state index is 3.43. The second-order valence-electron chi connectivity index (χ2n) is 6.78. The molecule has 118 valence electrons. The largest absolute Gasteiger partial charge is 0.316 e. The van der Waals surface area contributed by atoms with E-state index < -0.39 is 0 Å². The van der Waals surface area contributed by atoms with Gasteiger partial charge in [0.15, 0.2) is 0 Å². The van der Waals surface area contributed by atoms with Crippen molar-refractivity contribution in [3.05, 3.63) is 35.4 Å². The first kappa shape index (κ1) is 16.5. The summed E-state index contributed by atoms with van der Waals surface area (Å²) in [6, 6.07) is 9.99. The summed E-state index contributed by atoms with van der Waals surface area (Å²) in [4.78, 5) is 2.64.